The fourth-order valence-corrected chi connectivity index (χ4v) is 5.82. The lowest BCUT2D eigenvalue weighted by Gasteiger charge is -2.28. The summed E-state index contributed by atoms with van der Waals surface area (Å²) in [5.41, 5.74) is 3.86. The molecule has 0 saturated heterocycles. The van der Waals surface area contributed by atoms with E-state index in [0.717, 1.165) is 35.8 Å². The number of phenolic OH excluding ortho intramolecular Hbond substituents is 1. The smallest absolute Gasteiger partial charge is 0.145 e. The van der Waals surface area contributed by atoms with Crippen LogP contribution < -0.4 is 10.1 Å². The highest BCUT2D eigenvalue weighted by atomic mass is 127. The van der Waals surface area contributed by atoms with Gasteiger partial charge in [0.25, 0.3) is 0 Å². The van der Waals surface area contributed by atoms with Crippen molar-refractivity contribution in [2.75, 3.05) is 13.7 Å². The zero-order valence-electron chi connectivity index (χ0n) is 12.5. The molecule has 0 aromatic heterocycles. The van der Waals surface area contributed by atoms with Crippen molar-refractivity contribution in [3.63, 3.8) is 0 Å². The van der Waals surface area contributed by atoms with Gasteiger partial charge in [-0.25, -0.2) is 0 Å². The van der Waals surface area contributed by atoms with Gasteiger partial charge < -0.3 is 15.2 Å². The fraction of sp³-hybridized carbons (Fsp3) is 0.294. The summed E-state index contributed by atoms with van der Waals surface area (Å²) in [5.74, 6) is 1.34. The van der Waals surface area contributed by atoms with Crippen molar-refractivity contribution in [1.29, 1.82) is 0 Å². The Labute approximate surface area is 177 Å². The van der Waals surface area contributed by atoms with Gasteiger partial charge in [-0.2, -0.15) is 0 Å². The summed E-state index contributed by atoms with van der Waals surface area (Å²) in [7, 11) is 1.71. The predicted molar refractivity (Wildman–Crippen MR) is 117 cm³/mol. The van der Waals surface area contributed by atoms with Crippen molar-refractivity contribution in [2.24, 2.45) is 0 Å². The molecular weight excluding hydrogens is 631 g/mol. The van der Waals surface area contributed by atoms with Gasteiger partial charge in [0.05, 0.1) is 17.8 Å². The fourth-order valence-electron chi connectivity index (χ4n) is 3.00. The van der Waals surface area contributed by atoms with Crippen LogP contribution in [0, 0.1) is 10.7 Å². The average molecular weight is 647 g/mol. The molecule has 2 N–H and O–H groups in total. The van der Waals surface area contributed by atoms with Crippen molar-refractivity contribution in [2.45, 2.75) is 18.9 Å². The molecule has 3 rings (SSSR count). The third-order valence-corrected chi connectivity index (χ3v) is 6.54. The first kappa shape index (κ1) is 18.0. The number of aromatic hydroxyl groups is 1. The van der Waals surface area contributed by atoms with Gasteiger partial charge >= 0.3 is 0 Å². The van der Waals surface area contributed by atoms with Crippen LogP contribution in [0.1, 0.15) is 22.7 Å². The lowest BCUT2D eigenvalue weighted by molar-refractivity contribution is 0.408. The van der Waals surface area contributed by atoms with Gasteiger partial charge in [-0.1, -0.05) is 0 Å². The highest BCUT2D eigenvalue weighted by Crippen LogP contribution is 2.34. The van der Waals surface area contributed by atoms with Gasteiger partial charge in [-0.3, -0.25) is 0 Å². The Hall–Kier alpha value is 0.190. The molecule has 6 heteroatoms. The van der Waals surface area contributed by atoms with Crippen LogP contribution in [0.25, 0.3) is 0 Å². The largest absolute Gasteiger partial charge is 0.507 e. The van der Waals surface area contributed by atoms with Crippen molar-refractivity contribution >= 4 is 67.8 Å². The maximum atomic E-state index is 9.94. The van der Waals surface area contributed by atoms with Crippen LogP contribution in [-0.4, -0.2) is 18.8 Å². The van der Waals surface area contributed by atoms with Gasteiger partial charge in [-0.15, -0.1) is 0 Å². The Morgan fingerprint density at radius 1 is 1.13 bits per heavy atom. The second kappa shape index (κ2) is 7.61. The van der Waals surface area contributed by atoms with Crippen LogP contribution in [0.4, 0.5) is 0 Å². The number of rotatable bonds is 3. The Kier molecular flexibility index (Phi) is 5.95. The Morgan fingerprint density at radius 3 is 2.48 bits per heavy atom. The van der Waals surface area contributed by atoms with Crippen LogP contribution >= 0.6 is 67.8 Å². The van der Waals surface area contributed by atoms with Gasteiger partial charge in [0.1, 0.15) is 11.5 Å². The van der Waals surface area contributed by atoms with E-state index in [0.29, 0.717) is 5.75 Å². The molecular formula is C17H16I3NO2. The van der Waals surface area contributed by atoms with Gasteiger partial charge in [-0.05, 0) is 128 Å². The van der Waals surface area contributed by atoms with Crippen molar-refractivity contribution in [3.05, 3.63) is 51.7 Å². The zero-order valence-corrected chi connectivity index (χ0v) is 19.0. The molecule has 1 unspecified atom stereocenters. The number of phenols is 1. The molecule has 2 aromatic rings. The second-order valence-electron chi connectivity index (χ2n) is 5.56. The number of methoxy groups -OCH3 is 1. The molecule has 0 radical (unpaired) electrons. The summed E-state index contributed by atoms with van der Waals surface area (Å²) in [6.07, 6.45) is 1.90. The summed E-state index contributed by atoms with van der Waals surface area (Å²) in [4.78, 5) is 0. The number of benzene rings is 2. The molecule has 0 aliphatic carbocycles. The average Bonchev–Trinajstić information content (AvgIpc) is 2.49. The molecule has 23 heavy (non-hydrogen) atoms. The van der Waals surface area contributed by atoms with Crippen LogP contribution in [0.2, 0.25) is 0 Å². The second-order valence-corrected chi connectivity index (χ2v) is 9.04. The summed E-state index contributed by atoms with van der Waals surface area (Å²) >= 11 is 6.86. The number of halogens is 3. The van der Waals surface area contributed by atoms with Crippen LogP contribution in [0.15, 0.2) is 24.3 Å². The van der Waals surface area contributed by atoms with E-state index in [9.17, 15) is 5.11 Å². The monoisotopic (exact) mass is 647 g/mol. The van der Waals surface area contributed by atoms with E-state index in [4.69, 9.17) is 4.74 Å². The van der Waals surface area contributed by atoms with Crippen molar-refractivity contribution in [1.82, 2.24) is 5.32 Å². The minimum atomic E-state index is 0.285. The quantitative estimate of drug-likeness (QED) is 0.478. The first-order chi connectivity index (χ1) is 11.0. The zero-order chi connectivity index (χ0) is 16.6. The van der Waals surface area contributed by atoms with E-state index in [1.165, 1.54) is 16.7 Å². The predicted octanol–water partition coefficient (Wildman–Crippen LogP) is 4.64. The number of ether oxygens (including phenoxy) is 1. The molecule has 1 heterocycles. The lowest BCUT2D eigenvalue weighted by atomic mass is 9.90. The van der Waals surface area contributed by atoms with E-state index in [1.807, 2.05) is 6.07 Å². The number of hydrogen-bond donors (Lipinski definition) is 2. The highest BCUT2D eigenvalue weighted by Gasteiger charge is 2.22. The number of nitrogens with one attached hydrogen (secondary N) is 1. The number of hydrogen-bond acceptors (Lipinski definition) is 3. The summed E-state index contributed by atoms with van der Waals surface area (Å²) in [5, 5.41) is 13.6. The van der Waals surface area contributed by atoms with Gasteiger partial charge in [0.15, 0.2) is 0 Å². The first-order valence-electron chi connectivity index (χ1n) is 7.26. The topological polar surface area (TPSA) is 41.5 Å². The van der Waals surface area contributed by atoms with Crippen LogP contribution in [0.3, 0.4) is 0 Å². The maximum Gasteiger partial charge on any atom is 0.145 e. The lowest BCUT2D eigenvalue weighted by Crippen LogP contribution is -2.31. The molecule has 0 fully saturated rings. The molecule has 0 saturated carbocycles. The Morgan fingerprint density at radius 2 is 1.83 bits per heavy atom. The minimum Gasteiger partial charge on any atom is -0.507 e. The Bertz CT molecular complexity index is 726. The normalized spacial score (nSPS) is 17.0. The van der Waals surface area contributed by atoms with Gasteiger partial charge in [0.2, 0.25) is 0 Å². The van der Waals surface area contributed by atoms with E-state index in [1.54, 1.807) is 7.11 Å². The standard InChI is InChI=1S/C17H16I3NO2/c1-23-17-13(19)4-9(5-14(17)20)6-15-11-8-12(18)16(22)7-10(11)2-3-21-15/h4-5,7-8,15,21-22H,2-3,6H2,1H3. The molecule has 0 bridgehead atoms. The van der Waals surface area contributed by atoms with E-state index in [2.05, 4.69) is 91.3 Å². The molecule has 122 valence electrons. The first-order valence-corrected chi connectivity index (χ1v) is 10.5. The third-order valence-electron chi connectivity index (χ3n) is 4.07. The molecule has 3 nitrogen and oxygen atoms in total. The summed E-state index contributed by atoms with van der Waals surface area (Å²) in [6, 6.07) is 8.72. The summed E-state index contributed by atoms with van der Waals surface area (Å²) in [6.45, 7) is 0.946. The SMILES string of the molecule is COc1c(I)cc(CC2NCCc3cc(O)c(I)cc32)cc1I. The van der Waals surface area contributed by atoms with Crippen LogP contribution in [-0.2, 0) is 12.8 Å². The molecule has 0 amide bonds. The molecule has 1 aliphatic rings. The third kappa shape index (κ3) is 3.90. The van der Waals surface area contributed by atoms with E-state index < -0.39 is 0 Å². The molecule has 2 aromatic carbocycles. The molecule has 1 atom stereocenters. The minimum absolute atomic E-state index is 0.285. The van der Waals surface area contributed by atoms with E-state index in [-0.39, 0.29) is 6.04 Å². The molecule has 0 spiro atoms. The summed E-state index contributed by atoms with van der Waals surface area (Å²) < 4.78 is 8.64. The van der Waals surface area contributed by atoms with Crippen molar-refractivity contribution < 1.29 is 9.84 Å². The van der Waals surface area contributed by atoms with Crippen LogP contribution in [0.5, 0.6) is 11.5 Å². The molecule has 1 aliphatic heterocycles. The Balaban J connectivity index is 1.92. The van der Waals surface area contributed by atoms with E-state index >= 15 is 0 Å². The highest BCUT2D eigenvalue weighted by molar-refractivity contribution is 14.1. The number of fused-ring (bicyclic) bond motifs is 1. The maximum absolute atomic E-state index is 9.94. The van der Waals surface area contributed by atoms with Crippen molar-refractivity contribution in [3.8, 4) is 11.5 Å². The van der Waals surface area contributed by atoms with Gasteiger partial charge in [0, 0.05) is 6.04 Å².